The minimum atomic E-state index is -0.0818. The lowest BCUT2D eigenvalue weighted by Crippen LogP contribution is -2.39. The van der Waals surface area contributed by atoms with Crippen LogP contribution in [-0.2, 0) is 11.3 Å². The first-order chi connectivity index (χ1) is 15.5. The number of hydrogen-bond donors (Lipinski definition) is 0. The molecule has 1 saturated heterocycles. The van der Waals surface area contributed by atoms with Gasteiger partial charge >= 0.3 is 0 Å². The quantitative estimate of drug-likeness (QED) is 0.280. The average molecular weight is 458 g/mol. The Morgan fingerprint density at radius 1 is 0.906 bits per heavy atom. The summed E-state index contributed by atoms with van der Waals surface area (Å²) in [6, 6.07) is 22.8. The third kappa shape index (κ3) is 3.40. The van der Waals surface area contributed by atoms with Crippen molar-refractivity contribution in [3.63, 3.8) is 0 Å². The van der Waals surface area contributed by atoms with Gasteiger partial charge in [-0.25, -0.2) is 0 Å². The predicted octanol–water partition coefficient (Wildman–Crippen LogP) is 5.95. The zero-order valence-electron chi connectivity index (χ0n) is 18.2. The number of amides is 1. The highest BCUT2D eigenvalue weighted by atomic mass is 32.2. The van der Waals surface area contributed by atoms with Crippen LogP contribution in [0.1, 0.15) is 28.2 Å². The smallest absolute Gasteiger partial charge is 0.285 e. The van der Waals surface area contributed by atoms with Crippen LogP contribution in [0.2, 0.25) is 0 Å². The molecule has 0 spiro atoms. The topological polar surface area (TPSA) is 30.2 Å². The van der Waals surface area contributed by atoms with Crippen molar-refractivity contribution in [1.29, 1.82) is 0 Å². The lowest BCUT2D eigenvalue weighted by molar-refractivity contribution is -0.114. The second-order valence-corrected chi connectivity index (χ2v) is 9.69. The van der Waals surface area contributed by atoms with Gasteiger partial charge in [-0.05, 0) is 62.8 Å². The van der Waals surface area contributed by atoms with E-state index < -0.39 is 0 Å². The average Bonchev–Trinajstić information content (AvgIpc) is 3.36. The standard InChI is InChI=1S/C26H23N3OS2/c1-17-13-14-18(2)28(17)29-25(30)24(32-26(29)31)15-22-19(3)27(16-20-9-5-4-6-10-20)23-12-8-7-11-21(22)23/h4-15H,16H2,1-3H3/b24-15-. The number of benzene rings is 2. The van der Waals surface area contributed by atoms with Gasteiger partial charge in [0.05, 0.1) is 4.91 Å². The van der Waals surface area contributed by atoms with E-state index in [4.69, 9.17) is 12.2 Å². The van der Waals surface area contributed by atoms with Gasteiger partial charge in [0.2, 0.25) is 0 Å². The molecule has 1 fully saturated rings. The van der Waals surface area contributed by atoms with Gasteiger partial charge in [0.25, 0.3) is 5.91 Å². The number of carbonyl (C=O) groups is 1. The van der Waals surface area contributed by atoms with Crippen LogP contribution in [0.4, 0.5) is 0 Å². The molecule has 0 saturated carbocycles. The number of aryl methyl sites for hydroxylation is 2. The summed E-state index contributed by atoms with van der Waals surface area (Å²) in [6.07, 6.45) is 2.01. The SMILES string of the molecule is Cc1ccc(C)n1N1C(=O)/C(=C/c2c(C)n(Cc3ccccc3)c3ccccc23)SC1=S. The molecule has 2 aromatic heterocycles. The highest BCUT2D eigenvalue weighted by Crippen LogP contribution is 2.36. The molecule has 4 nitrogen and oxygen atoms in total. The number of rotatable bonds is 4. The summed E-state index contributed by atoms with van der Waals surface area (Å²) >= 11 is 6.96. The molecule has 0 unspecified atom stereocenters. The summed E-state index contributed by atoms with van der Waals surface area (Å²) in [5, 5.41) is 2.74. The summed E-state index contributed by atoms with van der Waals surface area (Å²) < 4.78 is 4.76. The number of para-hydroxylation sites is 1. The van der Waals surface area contributed by atoms with Gasteiger partial charge in [0.1, 0.15) is 0 Å². The number of aromatic nitrogens is 2. The van der Waals surface area contributed by atoms with Gasteiger partial charge in [0, 0.05) is 40.1 Å². The van der Waals surface area contributed by atoms with Crippen LogP contribution in [0.25, 0.3) is 17.0 Å². The zero-order valence-corrected chi connectivity index (χ0v) is 19.8. The fourth-order valence-corrected chi connectivity index (χ4v) is 5.57. The molecule has 4 aromatic rings. The first kappa shape index (κ1) is 20.8. The number of thiocarbonyl (C=S) groups is 1. The van der Waals surface area contributed by atoms with Crippen molar-refractivity contribution in [2.75, 3.05) is 5.01 Å². The Morgan fingerprint density at radius 3 is 2.28 bits per heavy atom. The van der Waals surface area contributed by atoms with E-state index in [9.17, 15) is 4.79 Å². The Bertz CT molecular complexity index is 1380. The van der Waals surface area contributed by atoms with Gasteiger partial charge in [-0.1, -0.05) is 60.3 Å². The van der Waals surface area contributed by atoms with Crippen molar-refractivity contribution in [2.45, 2.75) is 27.3 Å². The largest absolute Gasteiger partial charge is 0.340 e. The normalized spacial score (nSPS) is 15.5. The lowest BCUT2D eigenvalue weighted by atomic mass is 10.1. The summed E-state index contributed by atoms with van der Waals surface area (Å²) in [4.78, 5) is 14.0. The van der Waals surface area contributed by atoms with Crippen LogP contribution in [-0.4, -0.2) is 19.5 Å². The van der Waals surface area contributed by atoms with Gasteiger partial charge in [-0.3, -0.25) is 9.47 Å². The molecule has 0 radical (unpaired) electrons. The number of thioether (sulfide) groups is 1. The van der Waals surface area contributed by atoms with Gasteiger partial charge in [-0.15, -0.1) is 0 Å². The predicted molar refractivity (Wildman–Crippen MR) is 138 cm³/mol. The molecule has 6 heteroatoms. The fraction of sp³-hybridized carbons (Fsp3) is 0.154. The second-order valence-electron chi connectivity index (χ2n) is 8.01. The number of nitrogens with zero attached hydrogens (tertiary/aromatic N) is 3. The van der Waals surface area contributed by atoms with E-state index in [-0.39, 0.29) is 5.91 Å². The van der Waals surface area contributed by atoms with Gasteiger partial charge < -0.3 is 4.57 Å². The summed E-state index contributed by atoms with van der Waals surface area (Å²) in [5.41, 5.74) is 6.57. The van der Waals surface area contributed by atoms with E-state index in [1.54, 1.807) is 5.01 Å². The first-order valence-corrected chi connectivity index (χ1v) is 11.7. The van der Waals surface area contributed by atoms with Crippen LogP contribution in [0, 0.1) is 20.8 Å². The number of carbonyl (C=O) groups excluding carboxylic acids is 1. The molecule has 1 aliphatic heterocycles. The van der Waals surface area contributed by atoms with Crippen molar-refractivity contribution < 1.29 is 4.79 Å². The monoisotopic (exact) mass is 457 g/mol. The molecule has 0 bridgehead atoms. The molecule has 0 aliphatic carbocycles. The third-order valence-corrected chi connectivity index (χ3v) is 7.23. The molecule has 0 atom stereocenters. The maximum Gasteiger partial charge on any atom is 0.285 e. The molecule has 5 rings (SSSR count). The molecule has 0 N–H and O–H groups in total. The van der Waals surface area contributed by atoms with Gasteiger partial charge in [0.15, 0.2) is 4.32 Å². The van der Waals surface area contributed by atoms with Crippen molar-refractivity contribution in [3.8, 4) is 0 Å². The molecule has 2 aromatic carbocycles. The molecule has 32 heavy (non-hydrogen) atoms. The Morgan fingerprint density at radius 2 is 1.56 bits per heavy atom. The zero-order chi connectivity index (χ0) is 22.4. The van der Waals surface area contributed by atoms with Crippen molar-refractivity contribution in [1.82, 2.24) is 9.24 Å². The summed E-state index contributed by atoms with van der Waals surface area (Å²) in [6.45, 7) is 6.87. The summed E-state index contributed by atoms with van der Waals surface area (Å²) in [5.74, 6) is -0.0818. The maximum atomic E-state index is 13.4. The van der Waals surface area contributed by atoms with E-state index in [0.717, 1.165) is 40.1 Å². The maximum absolute atomic E-state index is 13.4. The van der Waals surface area contributed by atoms with E-state index in [1.807, 2.05) is 48.9 Å². The van der Waals surface area contributed by atoms with E-state index in [1.165, 1.54) is 17.3 Å². The Hall–Kier alpha value is -3.09. The van der Waals surface area contributed by atoms with Crippen molar-refractivity contribution >= 4 is 51.2 Å². The van der Waals surface area contributed by atoms with Crippen LogP contribution in [0.3, 0.4) is 0 Å². The van der Waals surface area contributed by atoms with Crippen LogP contribution >= 0.6 is 24.0 Å². The van der Waals surface area contributed by atoms with Crippen molar-refractivity contribution in [3.05, 3.63) is 99.8 Å². The third-order valence-electron chi connectivity index (χ3n) is 5.95. The number of fused-ring (bicyclic) bond motifs is 1. The van der Waals surface area contributed by atoms with Crippen LogP contribution in [0.15, 0.2) is 71.6 Å². The van der Waals surface area contributed by atoms with Crippen LogP contribution < -0.4 is 5.01 Å². The fourth-order valence-electron chi connectivity index (χ4n) is 4.35. The lowest BCUT2D eigenvalue weighted by Gasteiger charge is -2.20. The molecule has 160 valence electrons. The summed E-state index contributed by atoms with van der Waals surface area (Å²) in [7, 11) is 0. The molecular weight excluding hydrogens is 434 g/mol. The minimum absolute atomic E-state index is 0.0818. The highest BCUT2D eigenvalue weighted by Gasteiger charge is 2.35. The molecular formula is C26H23N3OS2. The van der Waals surface area contributed by atoms with Crippen molar-refractivity contribution in [2.24, 2.45) is 0 Å². The van der Waals surface area contributed by atoms with E-state index in [0.29, 0.717) is 9.23 Å². The minimum Gasteiger partial charge on any atom is -0.340 e. The highest BCUT2D eigenvalue weighted by molar-refractivity contribution is 8.27. The van der Waals surface area contributed by atoms with E-state index in [2.05, 4.69) is 54.0 Å². The van der Waals surface area contributed by atoms with E-state index >= 15 is 0 Å². The first-order valence-electron chi connectivity index (χ1n) is 10.5. The Labute approximate surface area is 197 Å². The Balaban J connectivity index is 1.59. The number of hydrogen-bond acceptors (Lipinski definition) is 3. The van der Waals surface area contributed by atoms with Crippen LogP contribution in [0.5, 0.6) is 0 Å². The second kappa shape index (κ2) is 8.11. The Kier molecular flexibility index (Phi) is 5.27. The molecule has 1 amide bonds. The van der Waals surface area contributed by atoms with Gasteiger partial charge in [-0.2, -0.15) is 5.01 Å². The molecule has 1 aliphatic rings. The molecule has 3 heterocycles.